The molecule has 2 rings (SSSR count). The molecule has 8 heteroatoms. The van der Waals surface area contributed by atoms with Crippen molar-refractivity contribution in [3.05, 3.63) is 28.9 Å². The van der Waals surface area contributed by atoms with E-state index in [9.17, 15) is 17.6 Å². The fourth-order valence-electron chi connectivity index (χ4n) is 1.52. The van der Waals surface area contributed by atoms with Crippen molar-refractivity contribution in [1.29, 1.82) is 0 Å². The van der Waals surface area contributed by atoms with Gasteiger partial charge < -0.3 is 4.74 Å². The van der Waals surface area contributed by atoms with Crippen LogP contribution in [0.5, 0.6) is 0 Å². The van der Waals surface area contributed by atoms with Crippen molar-refractivity contribution in [3.63, 3.8) is 0 Å². The number of carbonyl (C=O) groups excluding carboxylic acids is 1. The first-order chi connectivity index (χ1) is 8.34. The molecule has 4 nitrogen and oxygen atoms in total. The van der Waals surface area contributed by atoms with Crippen LogP contribution >= 0.6 is 22.0 Å². The summed E-state index contributed by atoms with van der Waals surface area (Å²) in [6, 6.07) is 3.57. The van der Waals surface area contributed by atoms with Gasteiger partial charge in [-0.25, -0.2) is 17.6 Å². The molecule has 1 aromatic heterocycles. The second-order valence-corrected chi connectivity index (χ2v) is 6.89. The summed E-state index contributed by atoms with van der Waals surface area (Å²) in [5.41, 5.74) is 0. The Hall–Kier alpha value is -1.18. The van der Waals surface area contributed by atoms with Gasteiger partial charge >= 0.3 is 5.97 Å². The van der Waals surface area contributed by atoms with Crippen LogP contribution in [0.25, 0.3) is 10.1 Å². The van der Waals surface area contributed by atoms with Crippen LogP contribution < -0.4 is 0 Å². The Labute approximate surface area is 110 Å². The van der Waals surface area contributed by atoms with Gasteiger partial charge in [0.2, 0.25) is 0 Å². The Morgan fingerprint density at radius 3 is 2.67 bits per heavy atom. The first kappa shape index (κ1) is 13.3. The van der Waals surface area contributed by atoms with E-state index in [1.807, 2.05) is 0 Å². The third-order valence-corrected chi connectivity index (χ3v) is 4.87. The van der Waals surface area contributed by atoms with Crippen LogP contribution in [0.2, 0.25) is 0 Å². The summed E-state index contributed by atoms with van der Waals surface area (Å²) in [7, 11) is 2.24. The number of hydrogen-bond donors (Lipinski definition) is 0. The van der Waals surface area contributed by atoms with Gasteiger partial charge in [0.05, 0.1) is 7.11 Å². The zero-order chi connectivity index (χ0) is 13.5. The second kappa shape index (κ2) is 4.49. The highest BCUT2D eigenvalue weighted by atomic mass is 35.7. The molecule has 0 saturated heterocycles. The third-order valence-electron chi connectivity index (χ3n) is 2.22. The third kappa shape index (κ3) is 2.21. The molecule has 0 aliphatic rings. The maximum absolute atomic E-state index is 13.1. The van der Waals surface area contributed by atoms with E-state index >= 15 is 0 Å². The van der Waals surface area contributed by atoms with Crippen LogP contribution in [0, 0.1) is 5.82 Å². The van der Waals surface area contributed by atoms with Crippen molar-refractivity contribution >= 4 is 47.1 Å². The van der Waals surface area contributed by atoms with Crippen LogP contribution in [0.3, 0.4) is 0 Å². The molecule has 0 N–H and O–H groups in total. The van der Waals surface area contributed by atoms with Gasteiger partial charge in [0.15, 0.2) is 0 Å². The summed E-state index contributed by atoms with van der Waals surface area (Å²) in [5.74, 6) is -1.44. The number of carbonyl (C=O) groups is 1. The second-order valence-electron chi connectivity index (χ2n) is 3.33. The predicted octanol–water partition coefficient (Wildman–Crippen LogP) is 2.75. The molecule has 0 aliphatic heterocycles. The first-order valence-electron chi connectivity index (χ1n) is 4.59. The fraction of sp³-hybridized carbons (Fsp3) is 0.100. The van der Waals surface area contributed by atoms with Gasteiger partial charge in [-0.3, -0.25) is 0 Å². The number of rotatable bonds is 2. The molecule has 0 aliphatic carbocycles. The zero-order valence-corrected chi connectivity index (χ0v) is 11.3. The van der Waals surface area contributed by atoms with E-state index in [2.05, 4.69) is 4.74 Å². The molecule has 0 amide bonds. The topological polar surface area (TPSA) is 60.4 Å². The van der Waals surface area contributed by atoms with E-state index in [0.29, 0.717) is 4.70 Å². The van der Waals surface area contributed by atoms with Crippen molar-refractivity contribution in [2.45, 2.75) is 4.90 Å². The van der Waals surface area contributed by atoms with E-state index in [0.717, 1.165) is 24.5 Å². The number of halogens is 2. The molecule has 0 saturated carbocycles. The molecule has 18 heavy (non-hydrogen) atoms. The van der Waals surface area contributed by atoms with Gasteiger partial charge in [-0.1, -0.05) is 0 Å². The summed E-state index contributed by atoms with van der Waals surface area (Å²) in [5, 5.41) is 0.0791. The number of fused-ring (bicyclic) bond motifs is 1. The largest absolute Gasteiger partial charge is 0.465 e. The Morgan fingerprint density at radius 1 is 1.44 bits per heavy atom. The molecule has 1 aromatic carbocycles. The van der Waals surface area contributed by atoms with Crippen molar-refractivity contribution in [2.75, 3.05) is 7.11 Å². The minimum Gasteiger partial charge on any atom is -0.465 e. The van der Waals surface area contributed by atoms with Gasteiger partial charge in [0, 0.05) is 20.8 Å². The van der Waals surface area contributed by atoms with Crippen LogP contribution in [0.4, 0.5) is 4.39 Å². The highest BCUT2D eigenvalue weighted by molar-refractivity contribution is 8.14. The minimum absolute atomic E-state index is 0.0791. The van der Waals surface area contributed by atoms with Crippen molar-refractivity contribution in [2.24, 2.45) is 0 Å². The summed E-state index contributed by atoms with van der Waals surface area (Å²) < 4.78 is 41.1. The van der Waals surface area contributed by atoms with E-state index in [4.69, 9.17) is 10.7 Å². The van der Waals surface area contributed by atoms with Gasteiger partial charge in [-0.05, 0) is 18.2 Å². The van der Waals surface area contributed by atoms with Crippen LogP contribution in [-0.4, -0.2) is 21.5 Å². The lowest BCUT2D eigenvalue weighted by molar-refractivity contribution is 0.0602. The molecule has 96 valence electrons. The first-order valence-corrected chi connectivity index (χ1v) is 7.72. The summed E-state index contributed by atoms with van der Waals surface area (Å²) in [6.45, 7) is 0. The molecule has 2 aromatic rings. The van der Waals surface area contributed by atoms with Gasteiger partial charge in [0.25, 0.3) is 9.05 Å². The smallest absolute Gasteiger partial charge is 0.349 e. The summed E-state index contributed by atoms with van der Waals surface area (Å²) >= 11 is 0.887. The Morgan fingerprint density at radius 2 is 2.11 bits per heavy atom. The van der Waals surface area contributed by atoms with E-state index in [1.54, 1.807) is 0 Å². The Kier molecular flexibility index (Phi) is 3.31. The van der Waals surface area contributed by atoms with Gasteiger partial charge in [-0.2, -0.15) is 0 Å². The van der Waals surface area contributed by atoms with Crippen molar-refractivity contribution in [3.8, 4) is 0 Å². The predicted molar refractivity (Wildman–Crippen MR) is 66.2 cm³/mol. The molecule has 0 radical (unpaired) electrons. The number of hydrogen-bond acceptors (Lipinski definition) is 5. The van der Waals surface area contributed by atoms with Crippen LogP contribution in [0.15, 0.2) is 23.1 Å². The number of thiophene rings is 1. The zero-order valence-electron chi connectivity index (χ0n) is 8.94. The Bertz CT molecular complexity index is 736. The average molecular weight is 309 g/mol. The number of ether oxygens (including phenoxy) is 1. The fourth-order valence-corrected chi connectivity index (χ4v) is 4.39. The quantitative estimate of drug-likeness (QED) is 0.632. The molecular weight excluding hydrogens is 303 g/mol. The van der Waals surface area contributed by atoms with Gasteiger partial charge in [-0.15, -0.1) is 11.3 Å². The molecule has 0 bridgehead atoms. The van der Waals surface area contributed by atoms with Crippen LogP contribution in [-0.2, 0) is 13.8 Å². The lowest BCUT2D eigenvalue weighted by Crippen LogP contribution is -2.03. The number of benzene rings is 1. The van der Waals surface area contributed by atoms with Gasteiger partial charge in [0.1, 0.15) is 15.6 Å². The Balaban J connectivity index is 2.91. The molecular formula is C10H6ClFO4S2. The maximum atomic E-state index is 13.1. The number of esters is 1. The SMILES string of the molecule is COC(=O)c1sc2ccc(F)cc2c1S(=O)(=O)Cl. The van der Waals surface area contributed by atoms with Crippen LogP contribution in [0.1, 0.15) is 9.67 Å². The van der Waals surface area contributed by atoms with E-state index in [-0.39, 0.29) is 10.3 Å². The highest BCUT2D eigenvalue weighted by Crippen LogP contribution is 2.37. The highest BCUT2D eigenvalue weighted by Gasteiger charge is 2.27. The lowest BCUT2D eigenvalue weighted by Gasteiger charge is -1.99. The lowest BCUT2D eigenvalue weighted by atomic mass is 10.2. The molecule has 0 spiro atoms. The summed E-state index contributed by atoms with van der Waals surface area (Å²) in [6.07, 6.45) is 0. The maximum Gasteiger partial charge on any atom is 0.349 e. The summed E-state index contributed by atoms with van der Waals surface area (Å²) in [4.78, 5) is 10.9. The standard InChI is InChI=1S/C10H6ClFO4S2/c1-16-10(13)8-9(18(11,14)15)6-4-5(12)2-3-7(6)17-8/h2-4H,1H3. The number of methoxy groups -OCH3 is 1. The monoisotopic (exact) mass is 308 g/mol. The van der Waals surface area contributed by atoms with Crippen molar-refractivity contribution < 1.29 is 22.3 Å². The average Bonchev–Trinajstić information content (AvgIpc) is 2.65. The minimum atomic E-state index is -4.17. The normalized spacial score (nSPS) is 11.7. The molecule has 1 heterocycles. The molecule has 0 fully saturated rings. The van der Waals surface area contributed by atoms with E-state index in [1.165, 1.54) is 12.1 Å². The van der Waals surface area contributed by atoms with Crippen molar-refractivity contribution in [1.82, 2.24) is 0 Å². The molecule has 0 atom stereocenters. The van der Waals surface area contributed by atoms with E-state index < -0.39 is 25.7 Å². The molecule has 0 unspecified atom stereocenters.